The third kappa shape index (κ3) is 4.14. The molecule has 0 aliphatic heterocycles. The van der Waals surface area contributed by atoms with E-state index in [1.807, 2.05) is 0 Å². The molecular formula is C11H18BrNO2S. The maximum Gasteiger partial charge on any atom is 0.172 e. The Labute approximate surface area is 109 Å². The first-order valence-electron chi connectivity index (χ1n) is 5.23. The Hall–Kier alpha value is 0.0600. The highest BCUT2D eigenvalue weighted by Crippen LogP contribution is 2.22. The maximum absolute atomic E-state index is 5.30. The van der Waals surface area contributed by atoms with Gasteiger partial charge in [0.05, 0.1) is 6.04 Å². The molecular weight excluding hydrogens is 290 g/mol. The first-order valence-corrected chi connectivity index (χ1v) is 6.90. The Kier molecular flexibility index (Phi) is 6.53. The third-order valence-corrected chi connectivity index (χ3v) is 4.02. The van der Waals surface area contributed by atoms with Crippen molar-refractivity contribution in [2.45, 2.75) is 25.7 Å². The second-order valence-electron chi connectivity index (χ2n) is 3.44. The minimum Gasteiger partial charge on any atom is -0.354 e. The van der Waals surface area contributed by atoms with Gasteiger partial charge in [0.15, 0.2) is 6.29 Å². The predicted molar refractivity (Wildman–Crippen MR) is 71.0 cm³/mol. The highest BCUT2D eigenvalue weighted by molar-refractivity contribution is 9.10. The van der Waals surface area contributed by atoms with Crippen LogP contribution in [0.25, 0.3) is 0 Å². The molecule has 0 radical (unpaired) electrons. The highest BCUT2D eigenvalue weighted by Gasteiger charge is 2.20. The molecule has 0 aliphatic carbocycles. The van der Waals surface area contributed by atoms with Crippen LogP contribution < -0.4 is 5.32 Å². The van der Waals surface area contributed by atoms with Gasteiger partial charge < -0.3 is 14.8 Å². The fourth-order valence-electron chi connectivity index (χ4n) is 1.63. The van der Waals surface area contributed by atoms with Gasteiger partial charge in [-0.3, -0.25) is 0 Å². The van der Waals surface area contributed by atoms with Crippen molar-refractivity contribution in [3.05, 3.63) is 20.8 Å². The van der Waals surface area contributed by atoms with E-state index in [0.717, 1.165) is 17.4 Å². The highest BCUT2D eigenvalue weighted by atomic mass is 79.9. The van der Waals surface area contributed by atoms with Gasteiger partial charge in [-0.05, 0) is 28.5 Å². The molecule has 0 spiro atoms. The summed E-state index contributed by atoms with van der Waals surface area (Å²) in [4.78, 5) is 1.32. The number of rotatable bonds is 7. The van der Waals surface area contributed by atoms with Crippen LogP contribution in [-0.4, -0.2) is 33.1 Å². The van der Waals surface area contributed by atoms with Crippen molar-refractivity contribution >= 4 is 27.3 Å². The molecule has 5 heteroatoms. The van der Waals surface area contributed by atoms with Crippen LogP contribution in [0.3, 0.4) is 0 Å². The van der Waals surface area contributed by atoms with Crippen molar-refractivity contribution < 1.29 is 9.47 Å². The zero-order valence-electron chi connectivity index (χ0n) is 9.83. The summed E-state index contributed by atoms with van der Waals surface area (Å²) in [5.41, 5.74) is 0. The van der Waals surface area contributed by atoms with Crippen LogP contribution in [0.15, 0.2) is 15.9 Å². The molecule has 1 rings (SSSR count). The topological polar surface area (TPSA) is 30.5 Å². The molecule has 0 amide bonds. The van der Waals surface area contributed by atoms with Gasteiger partial charge in [0.1, 0.15) is 0 Å². The molecule has 0 fully saturated rings. The fraction of sp³-hybridized carbons (Fsp3) is 0.636. The average molecular weight is 308 g/mol. The molecule has 1 unspecified atom stereocenters. The Morgan fingerprint density at radius 2 is 2.12 bits per heavy atom. The molecule has 0 aromatic carbocycles. The van der Waals surface area contributed by atoms with Gasteiger partial charge in [-0.1, -0.05) is 6.92 Å². The van der Waals surface area contributed by atoms with Gasteiger partial charge >= 0.3 is 0 Å². The van der Waals surface area contributed by atoms with Crippen LogP contribution in [0.1, 0.15) is 11.8 Å². The van der Waals surface area contributed by atoms with E-state index in [-0.39, 0.29) is 12.3 Å². The van der Waals surface area contributed by atoms with Gasteiger partial charge in [-0.2, -0.15) is 0 Å². The van der Waals surface area contributed by atoms with Crippen molar-refractivity contribution in [1.82, 2.24) is 5.32 Å². The summed E-state index contributed by atoms with van der Waals surface area (Å²) < 4.78 is 11.7. The van der Waals surface area contributed by atoms with Crippen LogP contribution in [0.5, 0.6) is 0 Å². The van der Waals surface area contributed by atoms with E-state index < -0.39 is 0 Å². The standard InChI is InChI=1S/C11H18BrNO2S/c1-4-13-10(11(14-2)15-3)6-9-5-8(12)7-16-9/h5,7,10-11,13H,4,6H2,1-3H3. The minimum absolute atomic E-state index is 0.186. The lowest BCUT2D eigenvalue weighted by Crippen LogP contribution is -2.43. The largest absolute Gasteiger partial charge is 0.354 e. The van der Waals surface area contributed by atoms with Crippen LogP contribution in [0, 0.1) is 0 Å². The molecule has 1 aromatic heterocycles. The van der Waals surface area contributed by atoms with E-state index in [2.05, 4.69) is 39.6 Å². The van der Waals surface area contributed by atoms with Gasteiger partial charge in [0.2, 0.25) is 0 Å². The normalized spacial score (nSPS) is 13.3. The maximum atomic E-state index is 5.30. The minimum atomic E-state index is -0.208. The summed E-state index contributed by atoms with van der Waals surface area (Å²) in [5.74, 6) is 0. The summed E-state index contributed by atoms with van der Waals surface area (Å²) in [5, 5.41) is 5.47. The fourth-order valence-corrected chi connectivity index (χ4v) is 3.14. The number of methoxy groups -OCH3 is 2. The van der Waals surface area contributed by atoms with Crippen molar-refractivity contribution in [2.24, 2.45) is 0 Å². The number of hydrogen-bond donors (Lipinski definition) is 1. The number of halogens is 1. The number of likely N-dealkylation sites (N-methyl/N-ethyl adjacent to an activating group) is 1. The van der Waals surface area contributed by atoms with Crippen LogP contribution >= 0.6 is 27.3 Å². The zero-order valence-corrected chi connectivity index (χ0v) is 12.2. The molecule has 1 N–H and O–H groups in total. The van der Waals surface area contributed by atoms with Crippen LogP contribution in [0.4, 0.5) is 0 Å². The zero-order chi connectivity index (χ0) is 12.0. The molecule has 0 aliphatic rings. The van der Waals surface area contributed by atoms with Gasteiger partial charge in [0, 0.05) is 35.4 Å². The molecule has 0 saturated carbocycles. The molecule has 92 valence electrons. The predicted octanol–water partition coefficient (Wildman–Crippen LogP) is 2.65. The Bertz CT molecular complexity index is 302. The third-order valence-electron chi connectivity index (χ3n) is 2.30. The second kappa shape index (κ2) is 7.40. The molecule has 3 nitrogen and oxygen atoms in total. The summed E-state index contributed by atoms with van der Waals surface area (Å²) in [6.45, 7) is 2.99. The van der Waals surface area contributed by atoms with E-state index in [4.69, 9.17) is 9.47 Å². The van der Waals surface area contributed by atoms with Gasteiger partial charge in [0.25, 0.3) is 0 Å². The lowest BCUT2D eigenvalue weighted by molar-refractivity contribution is -0.122. The van der Waals surface area contributed by atoms with Crippen molar-refractivity contribution in [1.29, 1.82) is 0 Å². The SMILES string of the molecule is CCNC(Cc1cc(Br)cs1)C(OC)OC. The Morgan fingerprint density at radius 3 is 2.56 bits per heavy atom. The lowest BCUT2D eigenvalue weighted by atomic mass is 10.1. The number of nitrogens with one attached hydrogen (secondary N) is 1. The van der Waals surface area contributed by atoms with E-state index in [9.17, 15) is 0 Å². The summed E-state index contributed by atoms with van der Waals surface area (Å²) in [6.07, 6.45) is 0.706. The molecule has 1 atom stereocenters. The van der Waals surface area contributed by atoms with E-state index in [0.29, 0.717) is 0 Å². The summed E-state index contributed by atoms with van der Waals surface area (Å²) in [7, 11) is 3.34. The molecule has 0 bridgehead atoms. The first kappa shape index (κ1) is 14.1. The monoisotopic (exact) mass is 307 g/mol. The Balaban J connectivity index is 2.63. The van der Waals surface area contributed by atoms with Gasteiger partial charge in [-0.15, -0.1) is 11.3 Å². The van der Waals surface area contributed by atoms with E-state index in [1.54, 1.807) is 25.6 Å². The second-order valence-corrected chi connectivity index (χ2v) is 5.35. The number of hydrogen-bond acceptors (Lipinski definition) is 4. The van der Waals surface area contributed by atoms with E-state index >= 15 is 0 Å². The lowest BCUT2D eigenvalue weighted by Gasteiger charge is -2.24. The number of thiophene rings is 1. The number of ether oxygens (including phenoxy) is 2. The Morgan fingerprint density at radius 1 is 1.44 bits per heavy atom. The average Bonchev–Trinajstić information content (AvgIpc) is 2.66. The van der Waals surface area contributed by atoms with Crippen LogP contribution in [0.2, 0.25) is 0 Å². The van der Waals surface area contributed by atoms with E-state index in [1.165, 1.54) is 4.88 Å². The van der Waals surface area contributed by atoms with Crippen LogP contribution in [-0.2, 0) is 15.9 Å². The summed E-state index contributed by atoms with van der Waals surface area (Å²) >= 11 is 5.20. The molecule has 1 heterocycles. The van der Waals surface area contributed by atoms with Crippen molar-refractivity contribution in [3.63, 3.8) is 0 Å². The van der Waals surface area contributed by atoms with Gasteiger partial charge in [-0.25, -0.2) is 0 Å². The molecule has 16 heavy (non-hydrogen) atoms. The quantitative estimate of drug-likeness (QED) is 0.786. The summed E-state index contributed by atoms with van der Waals surface area (Å²) in [6, 6.07) is 2.32. The molecule has 1 aromatic rings. The van der Waals surface area contributed by atoms with Crippen molar-refractivity contribution in [3.8, 4) is 0 Å². The molecule has 0 saturated heterocycles. The van der Waals surface area contributed by atoms with Crippen molar-refractivity contribution in [2.75, 3.05) is 20.8 Å². The smallest absolute Gasteiger partial charge is 0.172 e. The first-order chi connectivity index (χ1) is 7.71.